The average Bonchev–Trinajstić information content (AvgIpc) is 3.10. The molecule has 26 heavy (non-hydrogen) atoms. The minimum absolute atomic E-state index is 0.380. The Morgan fingerprint density at radius 2 is 1.46 bits per heavy atom. The van der Waals surface area contributed by atoms with Crippen molar-refractivity contribution in [3.8, 4) is 16.9 Å². The van der Waals surface area contributed by atoms with Gasteiger partial charge in [-0.3, -0.25) is 0 Å². The van der Waals surface area contributed by atoms with Crippen LogP contribution in [0.25, 0.3) is 11.1 Å². The van der Waals surface area contributed by atoms with Crippen LogP contribution in [0.5, 0.6) is 5.75 Å². The second kappa shape index (κ2) is 7.08. The van der Waals surface area contributed by atoms with Gasteiger partial charge in [0.1, 0.15) is 5.75 Å². The average molecular weight is 350 g/mol. The lowest BCUT2D eigenvalue weighted by Crippen LogP contribution is -2.30. The zero-order chi connectivity index (χ0) is 18.1. The molecule has 0 radical (unpaired) electrons. The number of rotatable bonds is 3. The first kappa shape index (κ1) is 17.6. The van der Waals surface area contributed by atoms with Gasteiger partial charge < -0.3 is 10.1 Å². The van der Waals surface area contributed by atoms with E-state index in [0.29, 0.717) is 11.5 Å². The summed E-state index contributed by atoms with van der Waals surface area (Å²) in [6, 6.07) is 15.5. The summed E-state index contributed by atoms with van der Waals surface area (Å²) in [7, 11) is 0. The molecule has 2 heteroatoms. The maximum absolute atomic E-state index is 6.27. The lowest BCUT2D eigenvalue weighted by Gasteiger charge is -2.36. The van der Waals surface area contributed by atoms with Crippen molar-refractivity contribution in [2.75, 3.05) is 0 Å². The first-order chi connectivity index (χ1) is 12.5. The van der Waals surface area contributed by atoms with Crippen LogP contribution in [-0.2, 0) is 13.1 Å². The molecular weight excluding hydrogens is 318 g/mol. The molecule has 0 spiro atoms. The van der Waals surface area contributed by atoms with Gasteiger partial charge in [0.15, 0.2) is 0 Å². The Hall–Kier alpha value is -1.80. The van der Waals surface area contributed by atoms with Crippen molar-refractivity contribution in [2.24, 2.45) is 11.3 Å². The van der Waals surface area contributed by atoms with Crippen LogP contribution >= 0.6 is 0 Å². The predicted octanol–water partition coefficient (Wildman–Crippen LogP) is 5.94. The SMILES string of the molecule is CC(C)(C)C1CCC(Oc2ccc(-c3ccc4c(c3)CNC4)cc2)CC1. The van der Waals surface area contributed by atoms with Crippen molar-refractivity contribution in [1.29, 1.82) is 0 Å². The van der Waals surface area contributed by atoms with Gasteiger partial charge in [0.2, 0.25) is 0 Å². The highest BCUT2D eigenvalue weighted by atomic mass is 16.5. The summed E-state index contributed by atoms with van der Waals surface area (Å²) in [5.74, 6) is 1.84. The van der Waals surface area contributed by atoms with Crippen LogP contribution < -0.4 is 10.1 Å². The first-order valence-electron chi connectivity index (χ1n) is 10.1. The number of hydrogen-bond acceptors (Lipinski definition) is 2. The van der Waals surface area contributed by atoms with Crippen LogP contribution in [0.3, 0.4) is 0 Å². The van der Waals surface area contributed by atoms with Gasteiger partial charge in [-0.05, 0) is 77.5 Å². The van der Waals surface area contributed by atoms with Gasteiger partial charge in [0.05, 0.1) is 6.10 Å². The van der Waals surface area contributed by atoms with Gasteiger partial charge in [-0.1, -0.05) is 45.0 Å². The molecular formula is C24H31NO. The zero-order valence-corrected chi connectivity index (χ0v) is 16.3. The third-order valence-corrected chi connectivity index (χ3v) is 6.23. The van der Waals surface area contributed by atoms with E-state index >= 15 is 0 Å². The summed E-state index contributed by atoms with van der Waals surface area (Å²) in [5.41, 5.74) is 5.85. The molecule has 2 nitrogen and oxygen atoms in total. The molecule has 0 bridgehead atoms. The molecule has 0 aromatic heterocycles. The fourth-order valence-corrected chi connectivity index (χ4v) is 4.44. The maximum atomic E-state index is 6.27. The summed E-state index contributed by atoms with van der Waals surface area (Å²) in [6.07, 6.45) is 5.32. The second-order valence-corrected chi connectivity index (χ2v) is 9.07. The predicted molar refractivity (Wildman–Crippen MR) is 108 cm³/mol. The molecule has 4 rings (SSSR count). The summed E-state index contributed by atoms with van der Waals surface area (Å²) >= 11 is 0. The minimum Gasteiger partial charge on any atom is -0.490 e. The summed E-state index contributed by atoms with van der Waals surface area (Å²) in [4.78, 5) is 0. The van der Waals surface area contributed by atoms with Gasteiger partial charge in [-0.25, -0.2) is 0 Å². The van der Waals surface area contributed by atoms with E-state index in [1.165, 1.54) is 47.9 Å². The normalized spacial score (nSPS) is 22.9. The highest BCUT2D eigenvalue weighted by molar-refractivity contribution is 5.66. The van der Waals surface area contributed by atoms with Crippen LogP contribution in [0.1, 0.15) is 57.6 Å². The number of ether oxygens (including phenoxy) is 1. The lowest BCUT2D eigenvalue weighted by molar-refractivity contribution is 0.0882. The molecule has 1 aliphatic heterocycles. The van der Waals surface area contributed by atoms with E-state index < -0.39 is 0 Å². The quantitative estimate of drug-likeness (QED) is 0.740. The maximum Gasteiger partial charge on any atom is 0.119 e. The van der Waals surface area contributed by atoms with Gasteiger partial charge in [-0.15, -0.1) is 0 Å². The molecule has 1 fully saturated rings. The van der Waals surface area contributed by atoms with Gasteiger partial charge in [0, 0.05) is 13.1 Å². The van der Waals surface area contributed by atoms with Crippen molar-refractivity contribution >= 4 is 0 Å². The molecule has 1 aliphatic carbocycles. The van der Waals surface area contributed by atoms with Gasteiger partial charge in [-0.2, -0.15) is 0 Å². The molecule has 1 saturated carbocycles. The van der Waals surface area contributed by atoms with E-state index in [1.54, 1.807) is 0 Å². The highest BCUT2D eigenvalue weighted by Gasteiger charge is 2.30. The third-order valence-electron chi connectivity index (χ3n) is 6.23. The number of nitrogens with one attached hydrogen (secondary N) is 1. The largest absolute Gasteiger partial charge is 0.490 e. The highest BCUT2D eigenvalue weighted by Crippen LogP contribution is 2.39. The molecule has 0 saturated heterocycles. The van der Waals surface area contributed by atoms with Crippen molar-refractivity contribution in [1.82, 2.24) is 5.32 Å². The Labute approximate surface area is 158 Å². The van der Waals surface area contributed by atoms with Gasteiger partial charge >= 0.3 is 0 Å². The molecule has 2 aromatic carbocycles. The van der Waals surface area contributed by atoms with Crippen LogP contribution in [0.15, 0.2) is 42.5 Å². The summed E-state index contributed by atoms with van der Waals surface area (Å²) in [5, 5.41) is 3.41. The van der Waals surface area contributed by atoms with Crippen molar-refractivity contribution in [3.63, 3.8) is 0 Å². The Bertz CT molecular complexity index is 749. The van der Waals surface area contributed by atoms with E-state index in [0.717, 1.165) is 24.8 Å². The second-order valence-electron chi connectivity index (χ2n) is 9.07. The Balaban J connectivity index is 1.38. The Kier molecular flexibility index (Phi) is 4.79. The van der Waals surface area contributed by atoms with E-state index in [2.05, 4.69) is 68.6 Å². The lowest BCUT2D eigenvalue weighted by atomic mass is 9.72. The number of fused-ring (bicyclic) bond motifs is 1. The Morgan fingerprint density at radius 3 is 2.15 bits per heavy atom. The Morgan fingerprint density at radius 1 is 0.808 bits per heavy atom. The third kappa shape index (κ3) is 3.81. The topological polar surface area (TPSA) is 21.3 Å². The fraction of sp³-hybridized carbons (Fsp3) is 0.500. The summed E-state index contributed by atoms with van der Waals surface area (Å²) < 4.78 is 6.27. The smallest absolute Gasteiger partial charge is 0.119 e. The van der Waals surface area contributed by atoms with Crippen LogP contribution in [0.2, 0.25) is 0 Å². The van der Waals surface area contributed by atoms with Crippen LogP contribution in [0.4, 0.5) is 0 Å². The van der Waals surface area contributed by atoms with E-state index in [9.17, 15) is 0 Å². The van der Waals surface area contributed by atoms with Crippen molar-refractivity contribution in [3.05, 3.63) is 53.6 Å². The van der Waals surface area contributed by atoms with Gasteiger partial charge in [0.25, 0.3) is 0 Å². The first-order valence-corrected chi connectivity index (χ1v) is 10.1. The number of benzene rings is 2. The standard InChI is InChI=1S/C24H31NO/c1-24(2,3)21-8-12-23(13-9-21)26-22-10-6-17(7-11-22)18-4-5-19-15-25-16-20(19)14-18/h4-7,10-11,14,21,23,25H,8-9,12-13,15-16H2,1-3H3. The van der Waals surface area contributed by atoms with E-state index in [1.807, 2.05) is 0 Å². The van der Waals surface area contributed by atoms with Crippen molar-refractivity contribution in [2.45, 2.75) is 65.6 Å². The van der Waals surface area contributed by atoms with E-state index in [-0.39, 0.29) is 0 Å². The minimum atomic E-state index is 0.380. The monoisotopic (exact) mass is 349 g/mol. The molecule has 1 heterocycles. The molecule has 2 aromatic rings. The molecule has 0 amide bonds. The molecule has 0 unspecified atom stereocenters. The molecule has 138 valence electrons. The van der Waals surface area contributed by atoms with Crippen LogP contribution in [-0.4, -0.2) is 6.10 Å². The van der Waals surface area contributed by atoms with Crippen LogP contribution in [0, 0.1) is 11.3 Å². The van der Waals surface area contributed by atoms with E-state index in [4.69, 9.17) is 4.74 Å². The van der Waals surface area contributed by atoms with Crippen molar-refractivity contribution < 1.29 is 4.74 Å². The molecule has 2 aliphatic rings. The molecule has 0 atom stereocenters. The fourth-order valence-electron chi connectivity index (χ4n) is 4.44. The number of hydrogen-bond donors (Lipinski definition) is 1. The zero-order valence-electron chi connectivity index (χ0n) is 16.3. The summed E-state index contributed by atoms with van der Waals surface area (Å²) in [6.45, 7) is 9.09. The molecule has 1 N–H and O–H groups in total.